The summed E-state index contributed by atoms with van der Waals surface area (Å²) in [7, 11) is 0. The Morgan fingerprint density at radius 2 is 1.88 bits per heavy atom. The van der Waals surface area contributed by atoms with Gasteiger partial charge in [-0.1, -0.05) is 0 Å². The second-order valence-corrected chi connectivity index (χ2v) is 13.2. The number of benzene rings is 1. The number of halogens is 2. The zero-order valence-electron chi connectivity index (χ0n) is 23.8. The van der Waals surface area contributed by atoms with E-state index in [-0.39, 0.29) is 29.1 Å². The number of fused-ring (bicyclic) bond motifs is 1. The molecule has 0 atom stereocenters. The van der Waals surface area contributed by atoms with E-state index in [0.29, 0.717) is 35.2 Å². The first-order valence-corrected chi connectivity index (χ1v) is 14.9. The van der Waals surface area contributed by atoms with Gasteiger partial charge in [0.1, 0.15) is 23.0 Å². The lowest BCUT2D eigenvalue weighted by Crippen LogP contribution is -2.62. The molecular weight excluding hydrogens is 579 g/mol. The Balaban J connectivity index is 1.31. The Labute approximate surface area is 243 Å². The third kappa shape index (κ3) is 6.13. The largest absolute Gasteiger partial charge is 0.460 e. The molecule has 1 aromatic carbocycles. The standard InChI is InChI=1S/C29H38BrFN6O3/c1-19-16-21-24(23(31)22(19)30)33-26(39-20-6-12-35(13-7-20)11-5-10-32)34-25(21)36-14-8-29(9-15-36)17-37(18-29)27(38)40-28(2,3)4/h16,20H,5-9,11-15,17-18H2,1-4H3. The maximum Gasteiger partial charge on any atom is 0.410 e. The predicted molar refractivity (Wildman–Crippen MR) is 154 cm³/mol. The van der Waals surface area contributed by atoms with Crippen molar-refractivity contribution in [1.82, 2.24) is 19.8 Å². The average molecular weight is 618 g/mol. The molecule has 3 aliphatic rings. The molecule has 1 amide bonds. The van der Waals surface area contributed by atoms with Crippen LogP contribution in [0, 0.1) is 29.5 Å². The lowest BCUT2D eigenvalue weighted by atomic mass is 9.72. The van der Waals surface area contributed by atoms with Crippen molar-refractivity contribution in [3.8, 4) is 12.1 Å². The minimum Gasteiger partial charge on any atom is -0.460 e. The third-order valence-corrected chi connectivity index (χ3v) is 9.16. The molecule has 1 aromatic heterocycles. The van der Waals surface area contributed by atoms with E-state index in [9.17, 15) is 4.79 Å². The summed E-state index contributed by atoms with van der Waals surface area (Å²) in [5.74, 6) is 0.287. The number of hydrogen-bond acceptors (Lipinski definition) is 8. The number of amides is 1. The van der Waals surface area contributed by atoms with E-state index < -0.39 is 11.4 Å². The molecule has 2 aromatic rings. The number of aromatic nitrogens is 2. The number of ether oxygens (including phenoxy) is 2. The summed E-state index contributed by atoms with van der Waals surface area (Å²) in [6, 6.07) is 4.34. The minimum absolute atomic E-state index is 0.0565. The van der Waals surface area contributed by atoms with Gasteiger partial charge in [-0.15, -0.1) is 0 Å². The van der Waals surface area contributed by atoms with Gasteiger partial charge >= 0.3 is 12.1 Å². The summed E-state index contributed by atoms with van der Waals surface area (Å²) in [6.07, 6.45) is 3.65. The summed E-state index contributed by atoms with van der Waals surface area (Å²) in [6.45, 7) is 12.9. The number of piperidine rings is 2. The Hall–Kier alpha value is -2.71. The van der Waals surface area contributed by atoms with Crippen LogP contribution in [0.3, 0.4) is 0 Å². The number of aryl methyl sites for hydroxylation is 1. The van der Waals surface area contributed by atoms with Gasteiger partial charge < -0.3 is 24.2 Å². The molecule has 1 spiro atoms. The second-order valence-electron chi connectivity index (χ2n) is 12.4. The maximum absolute atomic E-state index is 15.5. The van der Waals surface area contributed by atoms with E-state index in [0.717, 1.165) is 64.0 Å². The highest BCUT2D eigenvalue weighted by Gasteiger charge is 2.48. The van der Waals surface area contributed by atoms with E-state index in [1.54, 1.807) is 4.90 Å². The number of carbonyl (C=O) groups is 1. The van der Waals surface area contributed by atoms with Crippen LogP contribution in [0.4, 0.5) is 15.0 Å². The molecule has 9 nitrogen and oxygen atoms in total. The van der Waals surface area contributed by atoms with Crippen molar-refractivity contribution in [2.75, 3.05) is 50.7 Å². The van der Waals surface area contributed by atoms with Gasteiger partial charge in [0, 0.05) is 63.0 Å². The predicted octanol–water partition coefficient (Wildman–Crippen LogP) is 5.43. The fraction of sp³-hybridized carbons (Fsp3) is 0.655. The van der Waals surface area contributed by atoms with Crippen LogP contribution in [0.1, 0.15) is 58.4 Å². The van der Waals surface area contributed by atoms with E-state index >= 15 is 4.39 Å². The summed E-state index contributed by atoms with van der Waals surface area (Å²) in [5.41, 5.74) is 0.616. The molecular formula is C29H38BrFN6O3. The molecule has 0 unspecified atom stereocenters. The van der Waals surface area contributed by atoms with E-state index in [1.165, 1.54) is 0 Å². The lowest BCUT2D eigenvalue weighted by Gasteiger charge is -2.53. The molecule has 4 heterocycles. The number of carbonyl (C=O) groups excluding carboxylic acids is 1. The first-order valence-electron chi connectivity index (χ1n) is 14.1. The van der Waals surface area contributed by atoms with Crippen molar-refractivity contribution in [3.05, 3.63) is 21.9 Å². The zero-order chi connectivity index (χ0) is 28.7. The highest BCUT2D eigenvalue weighted by Crippen LogP contribution is 2.43. The molecule has 3 aliphatic heterocycles. The Kier molecular flexibility index (Phi) is 8.13. The third-order valence-electron chi connectivity index (χ3n) is 8.19. The van der Waals surface area contributed by atoms with Crippen LogP contribution in [0.25, 0.3) is 10.9 Å². The minimum atomic E-state index is -0.506. The molecule has 3 fully saturated rings. The molecule has 11 heteroatoms. The zero-order valence-corrected chi connectivity index (χ0v) is 25.4. The molecule has 0 radical (unpaired) electrons. The topological polar surface area (TPSA) is 94.8 Å². The normalized spacial score (nSPS) is 19.9. The van der Waals surface area contributed by atoms with Crippen LogP contribution < -0.4 is 9.64 Å². The highest BCUT2D eigenvalue weighted by molar-refractivity contribution is 9.10. The summed E-state index contributed by atoms with van der Waals surface area (Å²) in [5, 5.41) is 9.54. The van der Waals surface area contributed by atoms with E-state index in [4.69, 9.17) is 19.7 Å². The van der Waals surface area contributed by atoms with Crippen LogP contribution in [-0.4, -0.2) is 83.4 Å². The van der Waals surface area contributed by atoms with Crippen molar-refractivity contribution < 1.29 is 18.7 Å². The maximum atomic E-state index is 15.5. The molecule has 0 bridgehead atoms. The monoisotopic (exact) mass is 616 g/mol. The number of rotatable bonds is 5. The number of likely N-dealkylation sites (tertiary alicyclic amines) is 2. The van der Waals surface area contributed by atoms with Crippen LogP contribution >= 0.6 is 15.9 Å². The number of nitrogens with zero attached hydrogens (tertiary/aromatic N) is 6. The molecule has 216 valence electrons. The average Bonchev–Trinajstić information content (AvgIpc) is 2.89. The van der Waals surface area contributed by atoms with Gasteiger partial charge in [-0.25, -0.2) is 9.18 Å². The molecule has 0 aliphatic carbocycles. The van der Waals surface area contributed by atoms with Crippen molar-refractivity contribution in [3.63, 3.8) is 0 Å². The first kappa shape index (κ1) is 28.8. The van der Waals surface area contributed by atoms with Crippen molar-refractivity contribution in [2.24, 2.45) is 5.41 Å². The van der Waals surface area contributed by atoms with Gasteiger partial charge in [-0.05, 0) is 80.9 Å². The Morgan fingerprint density at radius 1 is 1.20 bits per heavy atom. The van der Waals surface area contributed by atoms with Gasteiger partial charge in [0.25, 0.3) is 0 Å². The van der Waals surface area contributed by atoms with Gasteiger partial charge in [-0.2, -0.15) is 15.2 Å². The van der Waals surface area contributed by atoms with Crippen molar-refractivity contribution in [1.29, 1.82) is 5.26 Å². The number of nitriles is 1. The van der Waals surface area contributed by atoms with Gasteiger partial charge in [-0.3, -0.25) is 0 Å². The van der Waals surface area contributed by atoms with Gasteiger partial charge in [0.05, 0.1) is 10.5 Å². The molecule has 3 saturated heterocycles. The van der Waals surface area contributed by atoms with Crippen LogP contribution in [0.15, 0.2) is 10.5 Å². The molecule has 0 N–H and O–H groups in total. The van der Waals surface area contributed by atoms with Gasteiger partial charge in [0.2, 0.25) is 0 Å². The smallest absolute Gasteiger partial charge is 0.410 e. The fourth-order valence-electron chi connectivity index (χ4n) is 5.92. The molecule has 0 saturated carbocycles. The Bertz CT molecular complexity index is 1300. The van der Waals surface area contributed by atoms with Crippen LogP contribution in [0.5, 0.6) is 6.01 Å². The van der Waals surface area contributed by atoms with Crippen LogP contribution in [-0.2, 0) is 4.74 Å². The number of anilines is 1. The van der Waals surface area contributed by atoms with Crippen LogP contribution in [0.2, 0.25) is 0 Å². The van der Waals surface area contributed by atoms with Crippen molar-refractivity contribution in [2.45, 2.75) is 71.5 Å². The lowest BCUT2D eigenvalue weighted by molar-refractivity contribution is -0.0434. The highest BCUT2D eigenvalue weighted by atomic mass is 79.9. The summed E-state index contributed by atoms with van der Waals surface area (Å²) in [4.78, 5) is 28.1. The van der Waals surface area contributed by atoms with Crippen molar-refractivity contribution >= 4 is 38.7 Å². The summed E-state index contributed by atoms with van der Waals surface area (Å²) < 4.78 is 27.6. The van der Waals surface area contributed by atoms with Gasteiger partial charge in [0.15, 0.2) is 5.82 Å². The summed E-state index contributed by atoms with van der Waals surface area (Å²) >= 11 is 3.38. The first-order chi connectivity index (χ1) is 19.0. The Morgan fingerprint density at radius 3 is 2.50 bits per heavy atom. The van der Waals surface area contributed by atoms with E-state index in [1.807, 2.05) is 33.8 Å². The fourth-order valence-corrected chi connectivity index (χ4v) is 6.23. The molecule has 40 heavy (non-hydrogen) atoms. The molecule has 5 rings (SSSR count). The number of hydrogen-bond donors (Lipinski definition) is 0. The van der Waals surface area contributed by atoms with E-state index in [2.05, 4.69) is 36.8 Å². The second kappa shape index (κ2) is 11.3. The quantitative estimate of drug-likeness (QED) is 0.439. The SMILES string of the molecule is Cc1cc2c(N3CCC4(CC3)CN(C(=O)OC(C)(C)C)C4)nc(OC3CCN(CCC#N)CC3)nc2c(F)c1Br.